The van der Waals surface area contributed by atoms with Crippen LogP contribution in [0.5, 0.6) is 0 Å². The first-order valence-corrected chi connectivity index (χ1v) is 17.7. The first-order valence-electron chi connectivity index (χ1n) is 16.8. The van der Waals surface area contributed by atoms with Gasteiger partial charge in [0.1, 0.15) is 16.7 Å². The monoisotopic (exact) mass is 685 g/mol. The van der Waals surface area contributed by atoms with Crippen LogP contribution >= 0.6 is 11.3 Å². The molecule has 1 aromatic heterocycles. The van der Waals surface area contributed by atoms with Crippen LogP contribution in [-0.4, -0.2) is 87.3 Å². The number of amides is 3. The molecule has 0 spiro atoms. The number of aliphatic hydroxyl groups excluding tert-OH is 1. The molecule has 1 unspecified atom stereocenters. The lowest BCUT2D eigenvalue weighted by molar-refractivity contribution is -0.141. The maximum absolute atomic E-state index is 13.6. The summed E-state index contributed by atoms with van der Waals surface area (Å²) in [4.78, 5) is 71.3. The molecule has 0 radical (unpaired) electrons. The Morgan fingerprint density at radius 3 is 2.29 bits per heavy atom. The third-order valence-corrected chi connectivity index (χ3v) is 10.0. The summed E-state index contributed by atoms with van der Waals surface area (Å²) in [5.41, 5.74) is 0.916. The van der Waals surface area contributed by atoms with Crippen LogP contribution in [0.4, 0.5) is 0 Å². The molecule has 13 heteroatoms. The van der Waals surface area contributed by atoms with E-state index >= 15 is 0 Å². The minimum atomic E-state index is -1.70. The highest BCUT2D eigenvalue weighted by molar-refractivity contribution is 7.10. The number of likely N-dealkylation sites (N-methyl/N-ethyl adjacent to an activating group) is 1. The number of piperidine rings is 1. The number of thiazole rings is 1. The quantitative estimate of drug-likeness (QED) is 0.167. The van der Waals surface area contributed by atoms with Crippen molar-refractivity contribution in [3.05, 3.63) is 52.0 Å². The molecule has 1 fully saturated rings. The van der Waals surface area contributed by atoms with Crippen molar-refractivity contribution in [2.75, 3.05) is 13.6 Å². The predicted octanol–water partition coefficient (Wildman–Crippen LogP) is 3.35. The SMILES string of the molecule is CC[C@H](C)[C@H](NC(=O)[C@H]1CCCCN1C)C(=O)N[C@H](C(=O)C(O)c1nc(C(=O)N[C@@H](Cc2ccccc2)C[C@H](C)C(=O)O)cs1)C(C)C. The Kier molecular flexibility index (Phi) is 14.7. The van der Waals surface area contributed by atoms with Crippen molar-refractivity contribution in [1.29, 1.82) is 0 Å². The Labute approximate surface area is 287 Å². The van der Waals surface area contributed by atoms with Crippen molar-refractivity contribution >= 4 is 40.8 Å². The molecule has 0 bridgehead atoms. The molecule has 0 saturated carbocycles. The van der Waals surface area contributed by atoms with Crippen LogP contribution < -0.4 is 16.0 Å². The summed E-state index contributed by atoms with van der Waals surface area (Å²) >= 11 is 0.940. The van der Waals surface area contributed by atoms with Crippen molar-refractivity contribution < 1.29 is 34.2 Å². The number of hydrogen-bond donors (Lipinski definition) is 5. The van der Waals surface area contributed by atoms with Crippen molar-refractivity contribution in [3.8, 4) is 0 Å². The summed E-state index contributed by atoms with van der Waals surface area (Å²) in [5, 5.41) is 30.5. The van der Waals surface area contributed by atoms with E-state index in [9.17, 15) is 34.2 Å². The number of nitrogens with one attached hydrogen (secondary N) is 3. The maximum Gasteiger partial charge on any atom is 0.306 e. The average Bonchev–Trinajstić information content (AvgIpc) is 3.56. The van der Waals surface area contributed by atoms with Crippen molar-refractivity contribution in [2.24, 2.45) is 17.8 Å². The second kappa shape index (κ2) is 18.2. The van der Waals surface area contributed by atoms with Crippen molar-refractivity contribution in [1.82, 2.24) is 25.8 Å². The van der Waals surface area contributed by atoms with Crippen LogP contribution in [-0.2, 0) is 25.6 Å². The molecule has 1 saturated heterocycles. The smallest absolute Gasteiger partial charge is 0.306 e. The molecule has 0 aliphatic carbocycles. The fourth-order valence-electron chi connectivity index (χ4n) is 5.86. The molecule has 1 aromatic carbocycles. The van der Waals surface area contributed by atoms with Gasteiger partial charge in [-0.25, -0.2) is 4.98 Å². The van der Waals surface area contributed by atoms with Gasteiger partial charge in [-0.1, -0.05) is 77.8 Å². The molecule has 2 heterocycles. The Morgan fingerprint density at radius 2 is 1.69 bits per heavy atom. The van der Waals surface area contributed by atoms with Gasteiger partial charge in [-0.15, -0.1) is 11.3 Å². The molecule has 2 aromatic rings. The van der Waals surface area contributed by atoms with Gasteiger partial charge in [-0.05, 0) is 56.7 Å². The highest BCUT2D eigenvalue weighted by Gasteiger charge is 2.37. The minimum absolute atomic E-state index is 0.00400. The van der Waals surface area contributed by atoms with E-state index in [-0.39, 0.29) is 35.0 Å². The van der Waals surface area contributed by atoms with Gasteiger partial charge >= 0.3 is 5.97 Å². The topological polar surface area (TPSA) is 178 Å². The van der Waals surface area contributed by atoms with Gasteiger partial charge in [0.2, 0.25) is 11.8 Å². The molecule has 12 nitrogen and oxygen atoms in total. The summed E-state index contributed by atoms with van der Waals surface area (Å²) in [7, 11) is 1.90. The van der Waals surface area contributed by atoms with Gasteiger partial charge in [-0.3, -0.25) is 28.9 Å². The molecule has 3 rings (SSSR count). The van der Waals surface area contributed by atoms with Crippen LogP contribution in [0.3, 0.4) is 0 Å². The molecule has 1 aliphatic rings. The summed E-state index contributed by atoms with van der Waals surface area (Å²) in [6, 6.07) is 6.61. The summed E-state index contributed by atoms with van der Waals surface area (Å²) in [5.74, 6) is -4.24. The van der Waals surface area contributed by atoms with E-state index in [2.05, 4.69) is 20.9 Å². The van der Waals surface area contributed by atoms with Crippen molar-refractivity contribution in [2.45, 2.75) is 103 Å². The van der Waals surface area contributed by atoms with Gasteiger partial charge in [-0.2, -0.15) is 0 Å². The van der Waals surface area contributed by atoms with E-state index in [1.165, 1.54) is 5.38 Å². The zero-order valence-electron chi connectivity index (χ0n) is 28.8. The van der Waals surface area contributed by atoms with E-state index in [4.69, 9.17) is 0 Å². The van der Waals surface area contributed by atoms with Crippen LogP contribution in [0.15, 0.2) is 35.7 Å². The normalized spacial score (nSPS) is 19.0. The van der Waals surface area contributed by atoms with E-state index in [0.717, 1.165) is 36.3 Å². The molecule has 264 valence electrons. The zero-order valence-corrected chi connectivity index (χ0v) is 29.6. The Balaban J connectivity index is 1.71. The average molecular weight is 686 g/mol. The number of hydrogen-bond acceptors (Lipinski definition) is 9. The number of carbonyl (C=O) groups is 5. The molecule has 7 atom stereocenters. The van der Waals surface area contributed by atoms with Crippen molar-refractivity contribution in [3.63, 3.8) is 0 Å². The number of carboxylic acid groups (broad SMARTS) is 1. The number of carboxylic acids is 1. The number of aliphatic carboxylic acids is 1. The highest BCUT2D eigenvalue weighted by Crippen LogP contribution is 2.24. The Bertz CT molecular complexity index is 1400. The molecule has 5 N–H and O–H groups in total. The van der Waals surface area contributed by atoms with Crippen LogP contribution in [0.2, 0.25) is 0 Å². The van der Waals surface area contributed by atoms with E-state index < -0.39 is 59.6 Å². The number of ketones is 1. The second-order valence-electron chi connectivity index (χ2n) is 13.3. The number of benzene rings is 1. The number of likely N-dealkylation sites (tertiary alicyclic amines) is 1. The van der Waals surface area contributed by atoms with Gasteiger partial charge in [0.25, 0.3) is 5.91 Å². The van der Waals surface area contributed by atoms with Crippen LogP contribution in [0.25, 0.3) is 0 Å². The summed E-state index contributed by atoms with van der Waals surface area (Å²) < 4.78 is 0. The molecule has 1 aliphatic heterocycles. The minimum Gasteiger partial charge on any atom is -0.481 e. The number of aromatic nitrogens is 1. The Morgan fingerprint density at radius 1 is 1.00 bits per heavy atom. The molecule has 48 heavy (non-hydrogen) atoms. The van der Waals surface area contributed by atoms with E-state index in [0.29, 0.717) is 19.3 Å². The Hall–Kier alpha value is -3.68. The third-order valence-electron chi connectivity index (χ3n) is 9.12. The van der Waals surface area contributed by atoms with Crippen LogP contribution in [0.1, 0.15) is 93.9 Å². The standard InChI is InChI=1S/C35H51N5O7S/c1-7-21(4)28(39-32(44)26-15-11-12-16-40(26)6)33(45)38-27(20(2)3)29(41)30(42)34-37-25(19-48-34)31(43)36-24(17-22(5)35(46)47)18-23-13-9-8-10-14-23/h8-10,13-14,19-22,24,26-28,30,42H,7,11-12,15-18H2,1-6H3,(H,36,43)(H,38,45)(H,39,44)(H,46,47)/t21-,22-,24+,26+,27-,28-,30?/m0/s1. The number of aliphatic hydroxyl groups is 1. The van der Waals surface area contributed by atoms with Gasteiger partial charge in [0, 0.05) is 11.4 Å². The van der Waals surface area contributed by atoms with E-state index in [1.807, 2.05) is 56.1 Å². The third kappa shape index (κ3) is 10.7. The van der Waals surface area contributed by atoms with E-state index in [1.54, 1.807) is 20.8 Å². The van der Waals surface area contributed by atoms with Crippen LogP contribution in [0, 0.1) is 17.8 Å². The molecular weight excluding hydrogens is 634 g/mol. The number of rotatable bonds is 17. The van der Waals surface area contributed by atoms with Gasteiger partial charge in [0.05, 0.1) is 18.0 Å². The van der Waals surface area contributed by atoms with Gasteiger partial charge in [0.15, 0.2) is 11.9 Å². The maximum atomic E-state index is 13.6. The highest BCUT2D eigenvalue weighted by atomic mass is 32.1. The lowest BCUT2D eigenvalue weighted by atomic mass is 9.93. The number of carbonyl (C=O) groups excluding carboxylic acids is 4. The second-order valence-corrected chi connectivity index (χ2v) is 14.2. The fraction of sp³-hybridized carbons (Fsp3) is 0.600. The lowest BCUT2D eigenvalue weighted by Crippen LogP contribution is -2.58. The lowest BCUT2D eigenvalue weighted by Gasteiger charge is -2.34. The fourth-order valence-corrected chi connectivity index (χ4v) is 6.64. The summed E-state index contributed by atoms with van der Waals surface area (Å²) in [6.45, 7) is 9.66. The number of Topliss-reactive ketones (excluding diaryl/α,β-unsaturated/α-hetero) is 1. The molecular formula is C35H51N5O7S. The number of nitrogens with zero attached hydrogens (tertiary/aromatic N) is 2. The predicted molar refractivity (Wildman–Crippen MR) is 183 cm³/mol. The first kappa shape index (κ1) is 38.8. The molecule has 3 amide bonds. The summed E-state index contributed by atoms with van der Waals surface area (Å²) in [6.07, 6.45) is 2.17. The largest absolute Gasteiger partial charge is 0.481 e. The van der Waals surface area contributed by atoms with Gasteiger partial charge < -0.3 is 26.2 Å². The zero-order chi connectivity index (χ0) is 35.5. The first-order chi connectivity index (χ1) is 22.7.